The van der Waals surface area contributed by atoms with E-state index in [0.717, 1.165) is 23.8 Å². The van der Waals surface area contributed by atoms with E-state index in [2.05, 4.69) is 0 Å². The van der Waals surface area contributed by atoms with E-state index in [-0.39, 0.29) is 29.3 Å². The molecule has 1 aromatic carbocycles. The van der Waals surface area contributed by atoms with Crippen LogP contribution >= 0.6 is 0 Å². The van der Waals surface area contributed by atoms with Crippen LogP contribution in [0.25, 0.3) is 0 Å². The molecule has 2 aliphatic heterocycles. The Morgan fingerprint density at radius 1 is 1.24 bits per heavy atom. The van der Waals surface area contributed by atoms with Crippen LogP contribution in [-0.2, 0) is 4.74 Å². The molecule has 134 valence electrons. The topological polar surface area (TPSA) is 75.7 Å². The molecular weight excluding hydrogens is 341 g/mol. The highest BCUT2D eigenvalue weighted by Gasteiger charge is 2.38. The van der Waals surface area contributed by atoms with Crippen LogP contribution in [0.5, 0.6) is 0 Å². The average Bonchev–Trinajstić information content (AvgIpc) is 3.15. The Morgan fingerprint density at radius 3 is 2.60 bits per heavy atom. The number of carbonyl (C=O) groups is 3. The minimum absolute atomic E-state index is 0.0163. The maximum Gasteiger partial charge on any atom is 0.405 e. The Morgan fingerprint density at radius 2 is 1.96 bits per heavy atom. The van der Waals surface area contributed by atoms with Crippen LogP contribution in [0.2, 0.25) is 0 Å². The van der Waals surface area contributed by atoms with Crippen molar-refractivity contribution >= 4 is 17.7 Å². The van der Waals surface area contributed by atoms with Gasteiger partial charge in [-0.25, -0.2) is 0 Å². The molecule has 0 spiro atoms. The van der Waals surface area contributed by atoms with Crippen LogP contribution < -0.4 is 5.32 Å². The Bertz CT molecular complexity index is 727. The molecule has 1 unspecified atom stereocenters. The zero-order valence-electron chi connectivity index (χ0n) is 13.1. The van der Waals surface area contributed by atoms with E-state index in [1.807, 2.05) is 0 Å². The van der Waals surface area contributed by atoms with E-state index in [1.165, 1.54) is 12.1 Å². The fourth-order valence-corrected chi connectivity index (χ4v) is 2.87. The third-order valence-electron chi connectivity index (χ3n) is 4.09. The first-order chi connectivity index (χ1) is 11.8. The Labute approximate surface area is 140 Å². The standard InChI is InChI=1S/C16H15F3N2O4/c17-16(18,19)8-20-13(22)9-3-4-11-12(6-9)15(24)21(14(11)23)7-10-2-1-5-25-10/h3-4,6,10H,1-2,5,7-8H2,(H,20,22). The van der Waals surface area contributed by atoms with E-state index in [1.54, 1.807) is 5.32 Å². The number of alkyl halides is 3. The molecule has 0 aromatic heterocycles. The fourth-order valence-electron chi connectivity index (χ4n) is 2.87. The van der Waals surface area contributed by atoms with Crippen molar-refractivity contribution in [2.24, 2.45) is 0 Å². The molecule has 1 atom stereocenters. The quantitative estimate of drug-likeness (QED) is 0.834. The maximum atomic E-state index is 12.4. The van der Waals surface area contributed by atoms with Gasteiger partial charge < -0.3 is 10.1 Å². The van der Waals surface area contributed by atoms with Crippen LogP contribution in [0.15, 0.2) is 18.2 Å². The molecule has 1 N–H and O–H groups in total. The van der Waals surface area contributed by atoms with Gasteiger partial charge in [0.05, 0.1) is 23.8 Å². The summed E-state index contributed by atoms with van der Waals surface area (Å²) < 4.78 is 42.0. The number of halogens is 3. The van der Waals surface area contributed by atoms with Crippen LogP contribution in [0.1, 0.15) is 43.9 Å². The molecule has 9 heteroatoms. The number of hydrogen-bond acceptors (Lipinski definition) is 4. The van der Waals surface area contributed by atoms with Gasteiger partial charge >= 0.3 is 6.18 Å². The lowest BCUT2D eigenvalue weighted by Crippen LogP contribution is -2.36. The van der Waals surface area contributed by atoms with Gasteiger partial charge in [-0.3, -0.25) is 19.3 Å². The van der Waals surface area contributed by atoms with Crippen molar-refractivity contribution in [3.05, 3.63) is 34.9 Å². The maximum absolute atomic E-state index is 12.4. The van der Waals surface area contributed by atoms with Crippen LogP contribution in [-0.4, -0.2) is 54.6 Å². The Kier molecular flexibility index (Phi) is 4.51. The highest BCUT2D eigenvalue weighted by molar-refractivity contribution is 6.22. The van der Waals surface area contributed by atoms with Gasteiger partial charge in [0, 0.05) is 12.2 Å². The second-order valence-corrected chi connectivity index (χ2v) is 5.91. The van der Waals surface area contributed by atoms with Crippen molar-refractivity contribution in [3.8, 4) is 0 Å². The summed E-state index contributed by atoms with van der Waals surface area (Å²) >= 11 is 0. The lowest BCUT2D eigenvalue weighted by Gasteiger charge is -2.17. The molecule has 2 heterocycles. The molecule has 0 saturated carbocycles. The summed E-state index contributed by atoms with van der Waals surface area (Å²) in [5.41, 5.74) is 0.0427. The molecule has 25 heavy (non-hydrogen) atoms. The Hall–Kier alpha value is -2.42. The van der Waals surface area contributed by atoms with Crippen LogP contribution in [0.3, 0.4) is 0 Å². The SMILES string of the molecule is O=C(NCC(F)(F)F)c1ccc2c(c1)C(=O)N(CC1CCCO1)C2=O. The molecule has 3 amide bonds. The molecule has 1 saturated heterocycles. The zero-order chi connectivity index (χ0) is 18.2. The number of rotatable bonds is 4. The number of nitrogens with zero attached hydrogens (tertiary/aromatic N) is 1. The van der Waals surface area contributed by atoms with E-state index in [4.69, 9.17) is 4.74 Å². The second kappa shape index (κ2) is 6.47. The first-order valence-electron chi connectivity index (χ1n) is 7.73. The van der Waals surface area contributed by atoms with Crippen molar-refractivity contribution in [2.75, 3.05) is 19.7 Å². The third kappa shape index (κ3) is 3.65. The number of benzene rings is 1. The number of hydrogen-bond donors (Lipinski definition) is 1. The first-order valence-corrected chi connectivity index (χ1v) is 7.73. The van der Waals surface area contributed by atoms with Crippen molar-refractivity contribution in [1.29, 1.82) is 0 Å². The summed E-state index contributed by atoms with van der Waals surface area (Å²) in [7, 11) is 0. The highest BCUT2D eigenvalue weighted by atomic mass is 19.4. The monoisotopic (exact) mass is 356 g/mol. The summed E-state index contributed by atoms with van der Waals surface area (Å²) in [6.45, 7) is -0.764. The summed E-state index contributed by atoms with van der Waals surface area (Å²) in [6.07, 6.45) is -3.14. The summed E-state index contributed by atoms with van der Waals surface area (Å²) in [5, 5.41) is 1.73. The highest BCUT2D eigenvalue weighted by Crippen LogP contribution is 2.26. The Balaban J connectivity index is 1.75. The third-order valence-corrected chi connectivity index (χ3v) is 4.09. The van der Waals surface area contributed by atoms with E-state index >= 15 is 0 Å². The zero-order valence-corrected chi connectivity index (χ0v) is 13.1. The van der Waals surface area contributed by atoms with Crippen molar-refractivity contribution in [1.82, 2.24) is 10.2 Å². The minimum Gasteiger partial charge on any atom is -0.376 e. The van der Waals surface area contributed by atoms with Gasteiger partial charge in [-0.05, 0) is 31.0 Å². The van der Waals surface area contributed by atoms with Gasteiger partial charge in [0.25, 0.3) is 17.7 Å². The fraction of sp³-hybridized carbons (Fsp3) is 0.438. The largest absolute Gasteiger partial charge is 0.405 e. The number of carbonyl (C=O) groups excluding carboxylic acids is 3. The average molecular weight is 356 g/mol. The normalized spacial score (nSPS) is 20.1. The molecule has 1 fully saturated rings. The van der Waals surface area contributed by atoms with Gasteiger partial charge in [-0.1, -0.05) is 0 Å². The van der Waals surface area contributed by atoms with E-state index < -0.39 is 30.4 Å². The van der Waals surface area contributed by atoms with Gasteiger partial charge in [0.15, 0.2) is 0 Å². The van der Waals surface area contributed by atoms with Crippen molar-refractivity contribution < 1.29 is 32.3 Å². The summed E-state index contributed by atoms with van der Waals surface area (Å²) in [6, 6.07) is 3.66. The van der Waals surface area contributed by atoms with Crippen LogP contribution in [0, 0.1) is 0 Å². The molecule has 1 aromatic rings. The lowest BCUT2D eigenvalue weighted by atomic mass is 10.1. The van der Waals surface area contributed by atoms with Gasteiger partial charge in [0.1, 0.15) is 6.54 Å². The number of nitrogens with one attached hydrogen (secondary N) is 1. The molecule has 3 rings (SSSR count). The van der Waals surface area contributed by atoms with Crippen LogP contribution in [0.4, 0.5) is 13.2 Å². The van der Waals surface area contributed by atoms with E-state index in [9.17, 15) is 27.6 Å². The number of fused-ring (bicyclic) bond motifs is 1. The molecular formula is C16H15F3N2O4. The number of ether oxygens (including phenoxy) is 1. The van der Waals surface area contributed by atoms with E-state index in [0.29, 0.717) is 6.61 Å². The smallest absolute Gasteiger partial charge is 0.376 e. The van der Waals surface area contributed by atoms with Gasteiger partial charge in [0.2, 0.25) is 0 Å². The second-order valence-electron chi connectivity index (χ2n) is 5.91. The molecule has 6 nitrogen and oxygen atoms in total. The predicted octanol–water partition coefficient (Wildman–Crippen LogP) is 1.75. The number of imide groups is 1. The first kappa shape index (κ1) is 17.4. The minimum atomic E-state index is -4.53. The lowest BCUT2D eigenvalue weighted by molar-refractivity contribution is -0.123. The van der Waals surface area contributed by atoms with Crippen molar-refractivity contribution in [3.63, 3.8) is 0 Å². The summed E-state index contributed by atoms with van der Waals surface area (Å²) in [4.78, 5) is 37.6. The van der Waals surface area contributed by atoms with Gasteiger partial charge in [-0.15, -0.1) is 0 Å². The molecule has 0 aliphatic carbocycles. The predicted molar refractivity (Wildman–Crippen MR) is 79.2 cm³/mol. The number of amides is 3. The van der Waals surface area contributed by atoms with Crippen molar-refractivity contribution in [2.45, 2.75) is 25.1 Å². The molecule has 2 aliphatic rings. The summed E-state index contributed by atoms with van der Waals surface area (Å²) in [5.74, 6) is -2.02. The van der Waals surface area contributed by atoms with Gasteiger partial charge in [-0.2, -0.15) is 13.2 Å². The molecule has 0 radical (unpaired) electrons. The molecule has 0 bridgehead atoms.